The van der Waals surface area contributed by atoms with Crippen LogP contribution in [0.5, 0.6) is 0 Å². The lowest BCUT2D eigenvalue weighted by atomic mass is 9.90. The normalized spacial score (nSPS) is 31.4. The van der Waals surface area contributed by atoms with Crippen LogP contribution in [0.15, 0.2) is 42.1 Å². The summed E-state index contributed by atoms with van der Waals surface area (Å²) in [5.41, 5.74) is 0.371. The minimum Gasteiger partial charge on any atom is -0.377 e. The van der Waals surface area contributed by atoms with E-state index in [9.17, 15) is 10.3 Å². The number of allylic oxidation sites excluding steroid dienone is 1. The molecule has 0 spiro atoms. The molecule has 3 rings (SSSR count). The van der Waals surface area contributed by atoms with E-state index in [0.29, 0.717) is 5.70 Å². The number of hydrogen-bond donors (Lipinski definition) is 2. The highest BCUT2D eigenvalue weighted by Crippen LogP contribution is 2.40. The molecular weight excluding hydrogens is 252 g/mol. The molecule has 108 valence electrons. The van der Waals surface area contributed by atoms with Crippen molar-refractivity contribution in [1.29, 1.82) is 0 Å². The molecule has 4 heteroatoms. The predicted octanol–water partition coefficient (Wildman–Crippen LogP) is 2.29. The van der Waals surface area contributed by atoms with E-state index in [1.165, 1.54) is 11.5 Å². The number of hydrogen-bond acceptors (Lipinski definition) is 4. The highest BCUT2D eigenvalue weighted by Gasteiger charge is 2.48. The van der Waals surface area contributed by atoms with Crippen molar-refractivity contribution in [2.45, 2.75) is 38.0 Å². The van der Waals surface area contributed by atoms with Crippen LogP contribution >= 0.6 is 0 Å². The SMILES string of the molecule is CC1=C[C@](O)(c2ccccc2)[C@H](N2CCCCC2)N1O. The monoisotopic (exact) mass is 274 g/mol. The van der Waals surface area contributed by atoms with Crippen LogP contribution in [0.3, 0.4) is 0 Å². The van der Waals surface area contributed by atoms with Crippen molar-refractivity contribution in [1.82, 2.24) is 9.96 Å². The van der Waals surface area contributed by atoms with Gasteiger partial charge >= 0.3 is 0 Å². The summed E-state index contributed by atoms with van der Waals surface area (Å²) in [6.45, 7) is 3.66. The number of rotatable bonds is 2. The van der Waals surface area contributed by atoms with Crippen LogP contribution in [-0.4, -0.2) is 39.5 Å². The molecule has 2 aliphatic rings. The third-order valence-electron chi connectivity index (χ3n) is 4.39. The van der Waals surface area contributed by atoms with E-state index < -0.39 is 11.8 Å². The fourth-order valence-corrected chi connectivity index (χ4v) is 3.37. The first-order valence-corrected chi connectivity index (χ1v) is 7.32. The molecule has 1 aromatic carbocycles. The summed E-state index contributed by atoms with van der Waals surface area (Å²) in [6, 6.07) is 9.61. The highest BCUT2D eigenvalue weighted by molar-refractivity contribution is 5.34. The van der Waals surface area contributed by atoms with E-state index in [1.54, 1.807) is 6.08 Å². The second-order valence-corrected chi connectivity index (χ2v) is 5.79. The van der Waals surface area contributed by atoms with E-state index in [1.807, 2.05) is 37.3 Å². The van der Waals surface area contributed by atoms with Gasteiger partial charge in [0.2, 0.25) is 0 Å². The van der Waals surface area contributed by atoms with Crippen LogP contribution in [0.4, 0.5) is 0 Å². The van der Waals surface area contributed by atoms with Crippen LogP contribution in [0.25, 0.3) is 0 Å². The van der Waals surface area contributed by atoms with Crippen LogP contribution in [0.2, 0.25) is 0 Å². The lowest BCUT2D eigenvalue weighted by Crippen LogP contribution is -2.55. The van der Waals surface area contributed by atoms with Gasteiger partial charge in [0, 0.05) is 18.8 Å². The molecule has 2 N–H and O–H groups in total. The van der Waals surface area contributed by atoms with Crippen molar-refractivity contribution in [3.8, 4) is 0 Å². The van der Waals surface area contributed by atoms with E-state index in [-0.39, 0.29) is 0 Å². The minimum absolute atomic E-state index is 0.426. The van der Waals surface area contributed by atoms with Crippen LogP contribution in [-0.2, 0) is 5.60 Å². The van der Waals surface area contributed by atoms with Gasteiger partial charge in [0.25, 0.3) is 0 Å². The van der Waals surface area contributed by atoms with Gasteiger partial charge in [-0.2, -0.15) is 0 Å². The lowest BCUT2D eigenvalue weighted by molar-refractivity contribution is -0.187. The molecule has 0 radical (unpaired) electrons. The van der Waals surface area contributed by atoms with Gasteiger partial charge in [0.05, 0.1) is 0 Å². The Morgan fingerprint density at radius 1 is 1.10 bits per heavy atom. The Balaban J connectivity index is 1.98. The Bertz CT molecular complexity index is 496. The van der Waals surface area contributed by atoms with Crippen LogP contribution in [0, 0.1) is 0 Å². The van der Waals surface area contributed by atoms with Crippen molar-refractivity contribution < 1.29 is 10.3 Å². The fourth-order valence-electron chi connectivity index (χ4n) is 3.37. The van der Waals surface area contributed by atoms with Crippen molar-refractivity contribution in [2.24, 2.45) is 0 Å². The van der Waals surface area contributed by atoms with Gasteiger partial charge in [-0.1, -0.05) is 36.8 Å². The zero-order valence-electron chi connectivity index (χ0n) is 11.9. The summed E-state index contributed by atoms with van der Waals surface area (Å²) in [5, 5.41) is 22.8. The summed E-state index contributed by atoms with van der Waals surface area (Å²) in [5.74, 6) is 0. The predicted molar refractivity (Wildman–Crippen MR) is 76.9 cm³/mol. The van der Waals surface area contributed by atoms with Crippen LogP contribution in [0.1, 0.15) is 31.7 Å². The molecule has 0 aromatic heterocycles. The van der Waals surface area contributed by atoms with E-state index >= 15 is 0 Å². The van der Waals surface area contributed by atoms with Gasteiger partial charge in [-0.25, -0.2) is 5.06 Å². The topological polar surface area (TPSA) is 46.9 Å². The lowest BCUT2D eigenvalue weighted by Gasteiger charge is -2.42. The molecule has 0 bridgehead atoms. The molecule has 0 aliphatic carbocycles. The average Bonchev–Trinajstić information content (AvgIpc) is 2.72. The third kappa shape index (κ3) is 2.14. The first-order valence-electron chi connectivity index (χ1n) is 7.32. The van der Waals surface area contributed by atoms with E-state index in [2.05, 4.69) is 4.90 Å². The summed E-state index contributed by atoms with van der Waals surface area (Å²) < 4.78 is 0. The molecule has 0 amide bonds. The second-order valence-electron chi connectivity index (χ2n) is 5.79. The summed E-state index contributed by atoms with van der Waals surface area (Å²) in [6.07, 6.45) is 4.81. The largest absolute Gasteiger partial charge is 0.377 e. The number of benzene rings is 1. The fraction of sp³-hybridized carbons (Fsp3) is 0.500. The zero-order chi connectivity index (χ0) is 14.2. The molecule has 1 saturated heterocycles. The van der Waals surface area contributed by atoms with Gasteiger partial charge in [-0.3, -0.25) is 10.1 Å². The van der Waals surface area contributed by atoms with Crippen LogP contribution < -0.4 is 0 Å². The van der Waals surface area contributed by atoms with Gasteiger partial charge in [-0.05, 0) is 31.4 Å². The van der Waals surface area contributed by atoms with E-state index in [0.717, 1.165) is 31.5 Å². The van der Waals surface area contributed by atoms with Gasteiger partial charge < -0.3 is 5.11 Å². The Labute approximate surface area is 119 Å². The first-order chi connectivity index (χ1) is 9.63. The molecule has 20 heavy (non-hydrogen) atoms. The quantitative estimate of drug-likeness (QED) is 0.868. The highest BCUT2D eigenvalue weighted by atomic mass is 16.5. The Hall–Kier alpha value is -1.36. The van der Waals surface area contributed by atoms with Crippen molar-refractivity contribution in [2.75, 3.05) is 13.1 Å². The minimum atomic E-state index is -1.16. The summed E-state index contributed by atoms with van der Waals surface area (Å²) in [7, 11) is 0. The van der Waals surface area contributed by atoms with Crippen molar-refractivity contribution in [3.63, 3.8) is 0 Å². The number of likely N-dealkylation sites (tertiary alicyclic amines) is 1. The van der Waals surface area contributed by atoms with E-state index in [4.69, 9.17) is 0 Å². The number of piperidine rings is 1. The summed E-state index contributed by atoms with van der Waals surface area (Å²) in [4.78, 5) is 2.18. The van der Waals surface area contributed by atoms with Gasteiger partial charge in [-0.15, -0.1) is 0 Å². The maximum Gasteiger partial charge on any atom is 0.146 e. The zero-order valence-corrected chi connectivity index (χ0v) is 11.9. The molecule has 2 aliphatic heterocycles. The van der Waals surface area contributed by atoms with Crippen molar-refractivity contribution >= 4 is 0 Å². The smallest absolute Gasteiger partial charge is 0.146 e. The first kappa shape index (κ1) is 13.6. The third-order valence-corrected chi connectivity index (χ3v) is 4.39. The molecule has 1 aromatic rings. The second kappa shape index (κ2) is 5.20. The molecule has 2 atom stereocenters. The molecule has 1 fully saturated rings. The van der Waals surface area contributed by atoms with Gasteiger partial charge in [0.1, 0.15) is 11.8 Å². The maximum atomic E-state index is 11.2. The van der Waals surface area contributed by atoms with Gasteiger partial charge in [0.15, 0.2) is 0 Å². The Morgan fingerprint density at radius 3 is 2.40 bits per heavy atom. The van der Waals surface area contributed by atoms with Crippen molar-refractivity contribution in [3.05, 3.63) is 47.7 Å². The number of hydroxylamine groups is 2. The molecule has 0 saturated carbocycles. The standard InChI is InChI=1S/C16H22N2O2/c1-13-12-16(19,14-8-4-2-5-9-14)15(18(13)20)17-10-6-3-7-11-17/h2,4-5,8-9,12,15,19-20H,3,6-7,10-11H2,1H3/t15-,16+/m1/s1. The number of nitrogens with zero attached hydrogens (tertiary/aromatic N) is 2. The molecule has 2 heterocycles. The Morgan fingerprint density at radius 2 is 1.75 bits per heavy atom. The maximum absolute atomic E-state index is 11.2. The molecule has 0 unspecified atom stereocenters. The Kier molecular flexibility index (Phi) is 3.54. The summed E-state index contributed by atoms with van der Waals surface area (Å²) >= 11 is 0. The molecule has 4 nitrogen and oxygen atoms in total. The number of aliphatic hydroxyl groups is 1. The average molecular weight is 274 g/mol. The molecular formula is C16H22N2O2.